The Balaban J connectivity index is 2.24. The number of esters is 1. The third kappa shape index (κ3) is 1.96. The summed E-state index contributed by atoms with van der Waals surface area (Å²) in [6, 6.07) is 2.11. The van der Waals surface area contributed by atoms with Crippen molar-refractivity contribution in [3.05, 3.63) is 35.2 Å². The molecule has 0 bridgehead atoms. The molecule has 4 nitrogen and oxygen atoms in total. The number of allylic oxidation sites excluding steroid dienone is 4. The molecule has 0 aromatic heterocycles. The van der Waals surface area contributed by atoms with Gasteiger partial charge in [-0.15, -0.1) is 0 Å². The Morgan fingerprint density at radius 3 is 3.12 bits per heavy atom. The van der Waals surface area contributed by atoms with Crippen molar-refractivity contribution in [1.29, 1.82) is 5.26 Å². The second-order valence-electron chi connectivity index (χ2n) is 4.35. The van der Waals surface area contributed by atoms with E-state index < -0.39 is 0 Å². The summed E-state index contributed by atoms with van der Waals surface area (Å²) in [7, 11) is 0. The van der Waals surface area contributed by atoms with Crippen molar-refractivity contribution in [3.63, 3.8) is 0 Å². The maximum atomic E-state index is 11.6. The minimum Gasteiger partial charge on any atom is -0.461 e. The number of rotatable bonds is 2. The standard InChI is InChI=1S/C13H14N2O2/c1-3-17-12(16)10-7-13(2)5-4-9(8-14)6-11(13)15-10/h4,6-7,15H,3,5H2,1-2H3. The van der Waals surface area contributed by atoms with E-state index in [1.807, 2.05) is 19.1 Å². The normalized spacial score (nSPS) is 25.8. The maximum Gasteiger partial charge on any atom is 0.354 e. The van der Waals surface area contributed by atoms with Gasteiger partial charge in [0.1, 0.15) is 5.70 Å². The summed E-state index contributed by atoms with van der Waals surface area (Å²) in [5, 5.41) is 11.9. The molecule has 4 heteroatoms. The minimum absolute atomic E-state index is 0.220. The summed E-state index contributed by atoms with van der Waals surface area (Å²) >= 11 is 0. The van der Waals surface area contributed by atoms with E-state index in [1.165, 1.54) is 0 Å². The van der Waals surface area contributed by atoms with Crippen LogP contribution in [0.3, 0.4) is 0 Å². The first-order valence-corrected chi connectivity index (χ1v) is 5.58. The van der Waals surface area contributed by atoms with E-state index in [4.69, 9.17) is 10.00 Å². The molecule has 1 atom stereocenters. The van der Waals surface area contributed by atoms with Crippen molar-refractivity contribution in [2.24, 2.45) is 5.41 Å². The number of carbonyl (C=O) groups excluding carboxylic acids is 1. The van der Waals surface area contributed by atoms with Gasteiger partial charge >= 0.3 is 5.97 Å². The fourth-order valence-electron chi connectivity index (χ4n) is 2.02. The Bertz CT molecular complexity index is 494. The van der Waals surface area contributed by atoms with E-state index in [0.29, 0.717) is 17.9 Å². The van der Waals surface area contributed by atoms with Gasteiger partial charge in [0.2, 0.25) is 0 Å². The quantitative estimate of drug-likeness (QED) is 0.734. The predicted octanol–water partition coefficient (Wildman–Crippen LogP) is 1.78. The van der Waals surface area contributed by atoms with E-state index in [1.54, 1.807) is 13.0 Å². The van der Waals surface area contributed by atoms with E-state index in [0.717, 1.165) is 12.1 Å². The van der Waals surface area contributed by atoms with Gasteiger partial charge in [-0.3, -0.25) is 0 Å². The molecule has 2 rings (SSSR count). The molecule has 0 amide bonds. The Morgan fingerprint density at radius 2 is 2.47 bits per heavy atom. The zero-order valence-electron chi connectivity index (χ0n) is 9.91. The summed E-state index contributed by atoms with van der Waals surface area (Å²) in [6.07, 6.45) is 6.26. The molecule has 2 aliphatic rings. The number of fused-ring (bicyclic) bond motifs is 1. The van der Waals surface area contributed by atoms with Crippen LogP contribution in [0.4, 0.5) is 0 Å². The first-order chi connectivity index (χ1) is 8.09. The Kier molecular flexibility index (Phi) is 2.76. The summed E-state index contributed by atoms with van der Waals surface area (Å²) < 4.78 is 4.95. The number of hydrogen-bond donors (Lipinski definition) is 1. The maximum absolute atomic E-state index is 11.6. The Labute approximate surface area is 100 Å². The number of ether oxygens (including phenoxy) is 1. The van der Waals surface area contributed by atoms with Gasteiger partial charge in [-0.2, -0.15) is 5.26 Å². The topological polar surface area (TPSA) is 62.1 Å². The molecule has 0 aromatic carbocycles. The average molecular weight is 230 g/mol. The lowest BCUT2D eigenvalue weighted by Gasteiger charge is -2.25. The van der Waals surface area contributed by atoms with Crippen LogP contribution in [-0.4, -0.2) is 12.6 Å². The lowest BCUT2D eigenvalue weighted by Crippen LogP contribution is -2.23. The SMILES string of the molecule is CCOC(=O)C1=CC2(C)CC=C(C#N)C=C2N1. The highest BCUT2D eigenvalue weighted by Gasteiger charge is 2.37. The zero-order valence-corrected chi connectivity index (χ0v) is 9.91. The van der Waals surface area contributed by atoms with Gasteiger partial charge in [0.25, 0.3) is 0 Å². The summed E-state index contributed by atoms with van der Waals surface area (Å²) in [4.78, 5) is 11.6. The number of nitriles is 1. The minimum atomic E-state index is -0.345. The van der Waals surface area contributed by atoms with E-state index in [-0.39, 0.29) is 11.4 Å². The fourth-order valence-corrected chi connectivity index (χ4v) is 2.02. The zero-order chi connectivity index (χ0) is 12.5. The van der Waals surface area contributed by atoms with Crippen LogP contribution in [0.1, 0.15) is 20.3 Å². The molecule has 0 saturated carbocycles. The van der Waals surface area contributed by atoms with E-state index in [2.05, 4.69) is 11.4 Å². The van der Waals surface area contributed by atoms with Crippen LogP contribution in [-0.2, 0) is 9.53 Å². The average Bonchev–Trinajstić information content (AvgIpc) is 2.65. The molecule has 0 saturated heterocycles. The van der Waals surface area contributed by atoms with Gasteiger partial charge in [0.15, 0.2) is 0 Å². The number of carbonyl (C=O) groups is 1. The van der Waals surface area contributed by atoms with Crippen molar-refractivity contribution < 1.29 is 9.53 Å². The van der Waals surface area contributed by atoms with Crippen LogP contribution in [0.5, 0.6) is 0 Å². The van der Waals surface area contributed by atoms with Crippen LogP contribution in [0.25, 0.3) is 0 Å². The molecule has 1 unspecified atom stereocenters. The highest BCUT2D eigenvalue weighted by molar-refractivity contribution is 5.89. The number of hydrogen-bond acceptors (Lipinski definition) is 4. The Hall–Kier alpha value is -2.02. The van der Waals surface area contributed by atoms with Gasteiger partial charge in [-0.05, 0) is 25.5 Å². The lowest BCUT2D eigenvalue weighted by atomic mass is 9.80. The van der Waals surface area contributed by atoms with Gasteiger partial charge < -0.3 is 10.1 Å². The predicted molar refractivity (Wildman–Crippen MR) is 62.4 cm³/mol. The summed E-state index contributed by atoms with van der Waals surface area (Å²) in [6.45, 7) is 4.16. The van der Waals surface area contributed by atoms with Crippen molar-refractivity contribution in [3.8, 4) is 6.07 Å². The molecule has 0 radical (unpaired) electrons. The first kappa shape index (κ1) is 11.5. The fraction of sp³-hybridized carbons (Fsp3) is 0.385. The molecule has 0 spiro atoms. The first-order valence-electron chi connectivity index (χ1n) is 5.58. The smallest absolute Gasteiger partial charge is 0.354 e. The van der Waals surface area contributed by atoms with Crippen LogP contribution in [0, 0.1) is 16.7 Å². The highest BCUT2D eigenvalue weighted by atomic mass is 16.5. The summed E-state index contributed by atoms with van der Waals surface area (Å²) in [5.41, 5.74) is 1.76. The third-order valence-electron chi connectivity index (χ3n) is 3.02. The molecule has 88 valence electrons. The van der Waals surface area contributed by atoms with Crippen molar-refractivity contribution >= 4 is 5.97 Å². The van der Waals surface area contributed by atoms with E-state index >= 15 is 0 Å². The largest absolute Gasteiger partial charge is 0.461 e. The van der Waals surface area contributed by atoms with Gasteiger partial charge in [-0.25, -0.2) is 4.79 Å². The second kappa shape index (κ2) is 4.10. The van der Waals surface area contributed by atoms with Crippen LogP contribution in [0.2, 0.25) is 0 Å². The van der Waals surface area contributed by atoms with Gasteiger partial charge in [0, 0.05) is 16.7 Å². The Morgan fingerprint density at radius 1 is 1.71 bits per heavy atom. The third-order valence-corrected chi connectivity index (χ3v) is 3.02. The summed E-state index contributed by atoms with van der Waals surface area (Å²) in [5.74, 6) is -0.345. The lowest BCUT2D eigenvalue weighted by molar-refractivity contribution is -0.138. The molecule has 0 aromatic rings. The van der Waals surface area contributed by atoms with Crippen molar-refractivity contribution in [2.45, 2.75) is 20.3 Å². The molecule has 1 heterocycles. The van der Waals surface area contributed by atoms with Gasteiger partial charge in [0.05, 0.1) is 12.7 Å². The van der Waals surface area contributed by atoms with Crippen LogP contribution in [0.15, 0.2) is 35.2 Å². The molecule has 1 aliphatic carbocycles. The highest BCUT2D eigenvalue weighted by Crippen LogP contribution is 2.41. The van der Waals surface area contributed by atoms with E-state index in [9.17, 15) is 4.79 Å². The molecule has 1 N–H and O–H groups in total. The number of nitrogens with one attached hydrogen (secondary N) is 1. The van der Waals surface area contributed by atoms with Crippen LogP contribution < -0.4 is 5.32 Å². The monoisotopic (exact) mass is 230 g/mol. The van der Waals surface area contributed by atoms with Crippen molar-refractivity contribution in [1.82, 2.24) is 5.32 Å². The molecular weight excluding hydrogens is 216 g/mol. The molecule has 0 fully saturated rings. The second-order valence-corrected chi connectivity index (χ2v) is 4.35. The molecule has 17 heavy (non-hydrogen) atoms. The number of nitrogens with zero attached hydrogens (tertiary/aromatic N) is 1. The van der Waals surface area contributed by atoms with Crippen LogP contribution >= 0.6 is 0 Å². The van der Waals surface area contributed by atoms with Crippen molar-refractivity contribution in [2.75, 3.05) is 6.61 Å². The molecule has 1 aliphatic heterocycles. The van der Waals surface area contributed by atoms with Gasteiger partial charge in [-0.1, -0.05) is 13.0 Å². The molecular formula is C13H14N2O2.